The van der Waals surface area contributed by atoms with Crippen molar-refractivity contribution in [1.82, 2.24) is 0 Å². The molecule has 0 aliphatic rings. The molecule has 1 nitrogen and oxygen atoms in total. The van der Waals surface area contributed by atoms with Crippen molar-refractivity contribution < 1.29 is 4.39 Å². The molecule has 0 spiro atoms. The van der Waals surface area contributed by atoms with Crippen LogP contribution in [0.4, 0.5) is 10.1 Å². The fourth-order valence-electron chi connectivity index (χ4n) is 2.39. The summed E-state index contributed by atoms with van der Waals surface area (Å²) >= 11 is 5.72. The van der Waals surface area contributed by atoms with Gasteiger partial charge < -0.3 is 5.32 Å². The molecule has 0 amide bonds. The van der Waals surface area contributed by atoms with Crippen LogP contribution < -0.4 is 5.32 Å². The maximum absolute atomic E-state index is 13.5. The molecule has 0 radical (unpaired) electrons. The Labute approximate surface area is 127 Å². The Morgan fingerprint density at radius 2 is 1.65 bits per heavy atom. The predicted molar refractivity (Wildman–Crippen MR) is 87.1 cm³/mol. The summed E-state index contributed by atoms with van der Waals surface area (Å²) in [4.78, 5) is 0. The Hall–Kier alpha value is -0.760. The fourth-order valence-corrected chi connectivity index (χ4v) is 2.51. The van der Waals surface area contributed by atoms with Crippen LogP contribution in [0.1, 0.15) is 65.2 Å². The van der Waals surface area contributed by atoms with Crippen molar-refractivity contribution in [2.24, 2.45) is 0 Å². The SMILES string of the molecule is CCCCCC(CCCCC)Nc1ccc(Cl)c(F)c1. The lowest BCUT2D eigenvalue weighted by Gasteiger charge is -2.20. The van der Waals surface area contributed by atoms with Crippen molar-refractivity contribution in [2.75, 3.05) is 5.32 Å². The summed E-state index contributed by atoms with van der Waals surface area (Å²) in [5, 5.41) is 3.65. The zero-order valence-corrected chi connectivity index (χ0v) is 13.5. The van der Waals surface area contributed by atoms with Gasteiger partial charge in [0.2, 0.25) is 0 Å². The summed E-state index contributed by atoms with van der Waals surface area (Å²) in [5.74, 6) is -0.350. The molecule has 0 aromatic heterocycles. The highest BCUT2D eigenvalue weighted by molar-refractivity contribution is 6.30. The zero-order chi connectivity index (χ0) is 14.8. The average Bonchev–Trinajstić information content (AvgIpc) is 2.43. The first-order valence-corrected chi connectivity index (χ1v) is 8.26. The van der Waals surface area contributed by atoms with Gasteiger partial charge in [-0.1, -0.05) is 64.0 Å². The topological polar surface area (TPSA) is 12.0 Å². The first kappa shape index (κ1) is 17.3. The van der Waals surface area contributed by atoms with E-state index in [9.17, 15) is 4.39 Å². The van der Waals surface area contributed by atoms with Crippen molar-refractivity contribution in [1.29, 1.82) is 0 Å². The molecule has 0 heterocycles. The van der Waals surface area contributed by atoms with Crippen LogP contribution in [0.25, 0.3) is 0 Å². The lowest BCUT2D eigenvalue weighted by atomic mass is 10.0. The normalized spacial score (nSPS) is 11.1. The highest BCUT2D eigenvalue weighted by Gasteiger charge is 2.09. The molecule has 0 saturated carbocycles. The van der Waals surface area contributed by atoms with Crippen LogP contribution in [0.15, 0.2) is 18.2 Å². The first-order chi connectivity index (χ1) is 9.67. The quantitative estimate of drug-likeness (QED) is 0.491. The zero-order valence-electron chi connectivity index (χ0n) is 12.7. The highest BCUT2D eigenvalue weighted by Crippen LogP contribution is 2.21. The van der Waals surface area contributed by atoms with Gasteiger partial charge in [-0.05, 0) is 31.0 Å². The number of benzene rings is 1. The van der Waals surface area contributed by atoms with Crippen LogP contribution in [0, 0.1) is 5.82 Å². The van der Waals surface area contributed by atoms with Gasteiger partial charge in [0, 0.05) is 11.7 Å². The number of anilines is 1. The molecule has 0 aliphatic heterocycles. The van der Waals surface area contributed by atoms with E-state index in [1.165, 1.54) is 44.6 Å². The third-order valence-corrected chi connectivity index (χ3v) is 3.91. The smallest absolute Gasteiger partial charge is 0.143 e. The van der Waals surface area contributed by atoms with Crippen molar-refractivity contribution in [3.8, 4) is 0 Å². The molecule has 0 aliphatic carbocycles. The van der Waals surface area contributed by atoms with Crippen molar-refractivity contribution in [3.63, 3.8) is 0 Å². The van der Waals surface area contributed by atoms with E-state index in [0.29, 0.717) is 6.04 Å². The third kappa shape index (κ3) is 6.60. The first-order valence-electron chi connectivity index (χ1n) is 7.89. The van der Waals surface area contributed by atoms with E-state index in [4.69, 9.17) is 11.6 Å². The highest BCUT2D eigenvalue weighted by atomic mass is 35.5. The predicted octanol–water partition coefficient (Wildman–Crippen LogP) is 6.42. The summed E-state index contributed by atoms with van der Waals surface area (Å²) < 4.78 is 13.5. The molecular weight excluding hydrogens is 273 g/mol. The van der Waals surface area contributed by atoms with E-state index in [1.54, 1.807) is 6.07 Å². The van der Waals surface area contributed by atoms with Gasteiger partial charge >= 0.3 is 0 Å². The minimum Gasteiger partial charge on any atom is -0.382 e. The van der Waals surface area contributed by atoms with Crippen molar-refractivity contribution in [2.45, 2.75) is 71.3 Å². The lowest BCUT2D eigenvalue weighted by molar-refractivity contribution is 0.526. The Morgan fingerprint density at radius 3 is 2.15 bits per heavy atom. The Morgan fingerprint density at radius 1 is 1.05 bits per heavy atom. The van der Waals surface area contributed by atoms with Crippen LogP contribution >= 0.6 is 11.6 Å². The summed E-state index contributed by atoms with van der Waals surface area (Å²) in [5.41, 5.74) is 0.838. The van der Waals surface area contributed by atoms with Gasteiger partial charge in [0.05, 0.1) is 5.02 Å². The Kier molecular flexibility index (Phi) is 8.68. The van der Waals surface area contributed by atoms with Gasteiger partial charge in [0.1, 0.15) is 5.82 Å². The molecule has 20 heavy (non-hydrogen) atoms. The van der Waals surface area contributed by atoms with E-state index in [-0.39, 0.29) is 10.8 Å². The van der Waals surface area contributed by atoms with Gasteiger partial charge in [0.15, 0.2) is 0 Å². The van der Waals surface area contributed by atoms with E-state index >= 15 is 0 Å². The van der Waals surface area contributed by atoms with Crippen LogP contribution in [-0.2, 0) is 0 Å². The number of nitrogens with one attached hydrogen (secondary N) is 1. The Balaban J connectivity index is 2.54. The van der Waals surface area contributed by atoms with Gasteiger partial charge in [-0.15, -0.1) is 0 Å². The van der Waals surface area contributed by atoms with E-state index < -0.39 is 0 Å². The third-order valence-electron chi connectivity index (χ3n) is 3.60. The molecular formula is C17H27ClFN. The molecule has 0 unspecified atom stereocenters. The standard InChI is InChI=1S/C17H27ClFN/c1-3-5-7-9-14(10-8-6-4-2)20-15-11-12-16(18)17(19)13-15/h11-14,20H,3-10H2,1-2H3. The molecule has 1 rings (SSSR count). The van der Waals surface area contributed by atoms with Crippen LogP contribution in [0.5, 0.6) is 0 Å². The number of hydrogen-bond acceptors (Lipinski definition) is 1. The molecule has 0 fully saturated rings. The summed E-state index contributed by atoms with van der Waals surface area (Å²) in [7, 11) is 0. The molecule has 1 N–H and O–H groups in total. The molecule has 0 atom stereocenters. The second-order valence-corrected chi connectivity index (χ2v) is 5.87. The number of rotatable bonds is 10. The molecule has 1 aromatic carbocycles. The second-order valence-electron chi connectivity index (χ2n) is 5.46. The van der Waals surface area contributed by atoms with Gasteiger partial charge in [0.25, 0.3) is 0 Å². The summed E-state index contributed by atoms with van der Waals surface area (Å²) in [6.45, 7) is 4.43. The van der Waals surface area contributed by atoms with E-state index in [0.717, 1.165) is 18.5 Å². The largest absolute Gasteiger partial charge is 0.382 e. The van der Waals surface area contributed by atoms with Gasteiger partial charge in [-0.25, -0.2) is 4.39 Å². The number of halogens is 2. The molecule has 114 valence electrons. The maximum atomic E-state index is 13.5. The monoisotopic (exact) mass is 299 g/mol. The molecule has 3 heteroatoms. The lowest BCUT2D eigenvalue weighted by Crippen LogP contribution is -2.19. The van der Waals surface area contributed by atoms with Crippen molar-refractivity contribution in [3.05, 3.63) is 29.0 Å². The van der Waals surface area contributed by atoms with Gasteiger partial charge in [-0.2, -0.15) is 0 Å². The Bertz CT molecular complexity index is 371. The summed E-state index contributed by atoms with van der Waals surface area (Å²) in [6, 6.07) is 5.41. The fraction of sp³-hybridized carbons (Fsp3) is 0.647. The molecule has 0 bridgehead atoms. The van der Waals surface area contributed by atoms with Crippen LogP contribution in [-0.4, -0.2) is 6.04 Å². The van der Waals surface area contributed by atoms with Gasteiger partial charge in [-0.3, -0.25) is 0 Å². The van der Waals surface area contributed by atoms with Crippen LogP contribution in [0.3, 0.4) is 0 Å². The maximum Gasteiger partial charge on any atom is 0.143 e. The van der Waals surface area contributed by atoms with E-state index in [2.05, 4.69) is 19.2 Å². The van der Waals surface area contributed by atoms with Crippen molar-refractivity contribution >= 4 is 17.3 Å². The van der Waals surface area contributed by atoms with E-state index in [1.807, 2.05) is 6.07 Å². The summed E-state index contributed by atoms with van der Waals surface area (Å²) in [6.07, 6.45) is 9.77. The molecule has 1 aromatic rings. The minimum absolute atomic E-state index is 0.184. The number of unbranched alkanes of at least 4 members (excludes halogenated alkanes) is 4. The second kappa shape index (κ2) is 10.0. The average molecular weight is 300 g/mol. The minimum atomic E-state index is -0.350. The van der Waals surface area contributed by atoms with Crippen LogP contribution in [0.2, 0.25) is 5.02 Å². The number of hydrogen-bond donors (Lipinski definition) is 1. The molecule has 0 saturated heterocycles.